The molecule has 0 bridgehead atoms. The highest BCUT2D eigenvalue weighted by molar-refractivity contribution is 6.30. The van der Waals surface area contributed by atoms with E-state index < -0.39 is 0 Å². The summed E-state index contributed by atoms with van der Waals surface area (Å²) in [6.45, 7) is 10.1. The summed E-state index contributed by atoms with van der Waals surface area (Å²) in [5.41, 5.74) is 2.32. The van der Waals surface area contributed by atoms with Gasteiger partial charge in [0.15, 0.2) is 0 Å². The summed E-state index contributed by atoms with van der Waals surface area (Å²) in [4.78, 5) is 15.0. The zero-order valence-corrected chi connectivity index (χ0v) is 17.9. The van der Waals surface area contributed by atoms with E-state index in [4.69, 9.17) is 11.6 Å². The van der Waals surface area contributed by atoms with Crippen LogP contribution >= 0.6 is 11.6 Å². The van der Waals surface area contributed by atoms with Crippen LogP contribution in [0.4, 0.5) is 0 Å². The van der Waals surface area contributed by atoms with E-state index in [0.29, 0.717) is 18.9 Å². The Hall–Kier alpha value is -1.74. The first-order valence-corrected chi connectivity index (χ1v) is 10.5. The molecular formula is C23H33ClN2O. The molecular weight excluding hydrogens is 356 g/mol. The van der Waals surface area contributed by atoms with E-state index in [-0.39, 0.29) is 11.9 Å². The van der Waals surface area contributed by atoms with Gasteiger partial charge in [-0.2, -0.15) is 0 Å². The maximum Gasteiger partial charge on any atom is 0.223 e. The van der Waals surface area contributed by atoms with E-state index in [9.17, 15) is 4.79 Å². The summed E-state index contributed by atoms with van der Waals surface area (Å²) < 4.78 is 2.21. The summed E-state index contributed by atoms with van der Waals surface area (Å²) in [5.74, 6) is 0.691. The molecule has 0 fully saturated rings. The minimum Gasteiger partial charge on any atom is -0.345 e. The first-order chi connectivity index (χ1) is 12.9. The summed E-state index contributed by atoms with van der Waals surface area (Å²) in [6.07, 6.45) is 5.94. The molecule has 2 aromatic rings. The van der Waals surface area contributed by atoms with Gasteiger partial charge in [0.1, 0.15) is 0 Å². The van der Waals surface area contributed by atoms with E-state index in [1.54, 1.807) is 0 Å². The second-order valence-corrected chi connectivity index (χ2v) is 8.16. The number of unbranched alkanes of at least 4 members (excludes halogenated alkanes) is 2. The van der Waals surface area contributed by atoms with Gasteiger partial charge in [0.25, 0.3) is 0 Å². The average Bonchev–Trinajstić information content (AvgIpc) is 3.06. The zero-order chi connectivity index (χ0) is 19.8. The highest BCUT2D eigenvalue weighted by atomic mass is 35.5. The number of rotatable bonds is 10. The quantitative estimate of drug-likeness (QED) is 0.448. The van der Waals surface area contributed by atoms with Crippen LogP contribution in [0.25, 0.3) is 0 Å². The minimum atomic E-state index is 0.216. The molecule has 0 N–H and O–H groups in total. The molecule has 0 saturated carbocycles. The number of halogens is 1. The average molecular weight is 389 g/mol. The maximum atomic E-state index is 12.9. The van der Waals surface area contributed by atoms with Crippen molar-refractivity contribution < 1.29 is 4.79 Å². The molecule has 4 heteroatoms. The molecule has 1 unspecified atom stereocenters. The standard InChI is InChI=1S/C23H33ClN2O/c1-5-6-7-13-23(27)26(19(4)18(2)3)17-22-12-9-14-25(22)16-20-10-8-11-21(24)15-20/h8-12,14-15,18-19H,5-7,13,16-17H2,1-4H3. The summed E-state index contributed by atoms with van der Waals surface area (Å²) in [6, 6.07) is 12.3. The number of amides is 1. The number of hydrogen-bond acceptors (Lipinski definition) is 1. The number of carbonyl (C=O) groups excluding carboxylic acids is 1. The van der Waals surface area contributed by atoms with Crippen molar-refractivity contribution >= 4 is 17.5 Å². The van der Waals surface area contributed by atoms with Gasteiger partial charge in [-0.25, -0.2) is 0 Å². The van der Waals surface area contributed by atoms with Gasteiger partial charge in [0.2, 0.25) is 5.91 Å². The Labute approximate surface area is 169 Å². The SMILES string of the molecule is CCCCCC(=O)N(Cc1cccn1Cc1cccc(Cl)c1)C(C)C(C)C. The fourth-order valence-corrected chi connectivity index (χ4v) is 3.46. The number of hydrogen-bond donors (Lipinski definition) is 0. The summed E-state index contributed by atoms with van der Waals surface area (Å²) >= 11 is 6.13. The Balaban J connectivity index is 2.15. The third-order valence-electron chi connectivity index (χ3n) is 5.27. The molecule has 1 heterocycles. The van der Waals surface area contributed by atoms with Crippen molar-refractivity contribution in [2.45, 2.75) is 72.5 Å². The minimum absolute atomic E-state index is 0.216. The van der Waals surface area contributed by atoms with Crippen molar-refractivity contribution in [2.75, 3.05) is 0 Å². The molecule has 0 saturated heterocycles. The lowest BCUT2D eigenvalue weighted by atomic mass is 10.0. The lowest BCUT2D eigenvalue weighted by molar-refractivity contribution is -0.135. The third-order valence-corrected chi connectivity index (χ3v) is 5.50. The number of nitrogens with zero attached hydrogens (tertiary/aromatic N) is 2. The van der Waals surface area contributed by atoms with Gasteiger partial charge < -0.3 is 9.47 Å². The fraction of sp³-hybridized carbons (Fsp3) is 0.522. The van der Waals surface area contributed by atoms with Crippen molar-refractivity contribution in [3.05, 3.63) is 58.9 Å². The number of carbonyl (C=O) groups is 1. The number of aromatic nitrogens is 1. The van der Waals surface area contributed by atoms with Gasteiger partial charge in [-0.3, -0.25) is 4.79 Å². The van der Waals surface area contributed by atoms with E-state index >= 15 is 0 Å². The molecule has 2 rings (SSSR count). The summed E-state index contributed by atoms with van der Waals surface area (Å²) in [5, 5.41) is 0.752. The topological polar surface area (TPSA) is 25.2 Å². The van der Waals surface area contributed by atoms with Gasteiger partial charge in [0.05, 0.1) is 6.54 Å². The lowest BCUT2D eigenvalue weighted by Gasteiger charge is -2.32. The normalized spacial score (nSPS) is 12.4. The molecule has 1 aromatic carbocycles. The fourth-order valence-electron chi connectivity index (χ4n) is 3.24. The van der Waals surface area contributed by atoms with E-state index in [0.717, 1.165) is 42.1 Å². The van der Waals surface area contributed by atoms with Crippen LogP contribution in [0, 0.1) is 5.92 Å². The van der Waals surface area contributed by atoms with Crippen molar-refractivity contribution in [3.8, 4) is 0 Å². The molecule has 3 nitrogen and oxygen atoms in total. The van der Waals surface area contributed by atoms with Crippen LogP contribution in [0.15, 0.2) is 42.6 Å². The second kappa shape index (κ2) is 10.6. The van der Waals surface area contributed by atoms with Crippen LogP contribution in [0.1, 0.15) is 64.6 Å². The molecule has 1 aromatic heterocycles. The van der Waals surface area contributed by atoms with Crippen LogP contribution in [-0.2, 0) is 17.9 Å². The zero-order valence-electron chi connectivity index (χ0n) is 17.1. The lowest BCUT2D eigenvalue weighted by Crippen LogP contribution is -2.41. The van der Waals surface area contributed by atoms with Crippen LogP contribution in [-0.4, -0.2) is 21.4 Å². The van der Waals surface area contributed by atoms with Crippen LogP contribution in [0.5, 0.6) is 0 Å². The van der Waals surface area contributed by atoms with Gasteiger partial charge in [-0.1, -0.05) is 57.3 Å². The molecule has 0 aliphatic carbocycles. The Kier molecular flexibility index (Phi) is 8.43. The van der Waals surface area contributed by atoms with Crippen LogP contribution in [0.2, 0.25) is 5.02 Å². The smallest absolute Gasteiger partial charge is 0.223 e. The second-order valence-electron chi connectivity index (χ2n) is 7.72. The molecule has 1 atom stereocenters. The Morgan fingerprint density at radius 2 is 1.93 bits per heavy atom. The molecule has 0 aliphatic heterocycles. The van der Waals surface area contributed by atoms with Gasteiger partial charge in [0, 0.05) is 35.9 Å². The largest absolute Gasteiger partial charge is 0.345 e. The van der Waals surface area contributed by atoms with Gasteiger partial charge in [-0.05, 0) is 49.1 Å². The number of benzene rings is 1. The summed E-state index contributed by atoms with van der Waals surface area (Å²) in [7, 11) is 0. The maximum absolute atomic E-state index is 12.9. The highest BCUT2D eigenvalue weighted by Gasteiger charge is 2.23. The first kappa shape index (κ1) is 21.6. The van der Waals surface area contributed by atoms with Crippen LogP contribution in [0.3, 0.4) is 0 Å². The van der Waals surface area contributed by atoms with E-state index in [2.05, 4.69) is 61.6 Å². The molecule has 148 valence electrons. The first-order valence-electron chi connectivity index (χ1n) is 10.1. The Morgan fingerprint density at radius 3 is 2.59 bits per heavy atom. The van der Waals surface area contributed by atoms with Crippen molar-refractivity contribution in [1.82, 2.24) is 9.47 Å². The van der Waals surface area contributed by atoms with Gasteiger partial charge >= 0.3 is 0 Å². The Bertz CT molecular complexity index is 723. The third kappa shape index (κ3) is 6.42. The van der Waals surface area contributed by atoms with Crippen LogP contribution < -0.4 is 0 Å². The van der Waals surface area contributed by atoms with Crippen molar-refractivity contribution in [1.29, 1.82) is 0 Å². The monoisotopic (exact) mass is 388 g/mol. The van der Waals surface area contributed by atoms with Gasteiger partial charge in [-0.15, -0.1) is 0 Å². The highest BCUT2D eigenvalue weighted by Crippen LogP contribution is 2.19. The van der Waals surface area contributed by atoms with Crippen molar-refractivity contribution in [2.24, 2.45) is 5.92 Å². The molecule has 0 radical (unpaired) electrons. The van der Waals surface area contributed by atoms with E-state index in [1.165, 1.54) is 0 Å². The predicted octanol–water partition coefficient (Wildman–Crippen LogP) is 6.14. The molecule has 27 heavy (non-hydrogen) atoms. The molecule has 1 amide bonds. The Morgan fingerprint density at radius 1 is 1.15 bits per heavy atom. The van der Waals surface area contributed by atoms with Crippen molar-refractivity contribution in [3.63, 3.8) is 0 Å². The molecule has 0 aliphatic rings. The van der Waals surface area contributed by atoms with E-state index in [1.807, 2.05) is 18.2 Å². The predicted molar refractivity (Wildman–Crippen MR) is 114 cm³/mol. The molecule has 0 spiro atoms.